The maximum absolute atomic E-state index is 5.73. The SMILES string of the molecule is NCc1nccnc1N1CCC2(CCCC2)C1. The van der Waals surface area contributed by atoms with Crippen LogP contribution in [0.25, 0.3) is 0 Å². The van der Waals surface area contributed by atoms with Crippen LogP contribution in [0.5, 0.6) is 0 Å². The van der Waals surface area contributed by atoms with Crippen LogP contribution >= 0.6 is 0 Å². The number of anilines is 1. The van der Waals surface area contributed by atoms with Crippen LogP contribution in [-0.2, 0) is 6.54 Å². The summed E-state index contributed by atoms with van der Waals surface area (Å²) in [7, 11) is 0. The Morgan fingerprint density at radius 3 is 2.71 bits per heavy atom. The van der Waals surface area contributed by atoms with E-state index in [4.69, 9.17) is 5.73 Å². The Balaban J connectivity index is 1.82. The maximum atomic E-state index is 5.73. The number of nitrogens with two attached hydrogens (primary N) is 1. The minimum absolute atomic E-state index is 0.479. The monoisotopic (exact) mass is 232 g/mol. The van der Waals surface area contributed by atoms with Gasteiger partial charge < -0.3 is 10.6 Å². The zero-order chi connectivity index (χ0) is 11.7. The van der Waals surface area contributed by atoms with E-state index in [2.05, 4.69) is 14.9 Å². The van der Waals surface area contributed by atoms with Crippen molar-refractivity contribution >= 4 is 5.82 Å². The molecular formula is C13H20N4. The molecule has 0 amide bonds. The molecule has 4 nitrogen and oxygen atoms in total. The van der Waals surface area contributed by atoms with Gasteiger partial charge >= 0.3 is 0 Å². The first-order valence-corrected chi connectivity index (χ1v) is 6.58. The summed E-state index contributed by atoms with van der Waals surface area (Å²) < 4.78 is 0. The van der Waals surface area contributed by atoms with Crippen molar-refractivity contribution in [2.24, 2.45) is 11.1 Å². The standard InChI is InChI=1S/C13H20N4/c14-9-11-12(16-7-6-15-11)17-8-5-13(10-17)3-1-2-4-13/h6-7H,1-5,8-10,14H2. The number of hydrogen-bond acceptors (Lipinski definition) is 4. The lowest BCUT2D eigenvalue weighted by molar-refractivity contribution is 0.340. The van der Waals surface area contributed by atoms with E-state index in [1.54, 1.807) is 12.4 Å². The van der Waals surface area contributed by atoms with Gasteiger partial charge in [-0.15, -0.1) is 0 Å². The van der Waals surface area contributed by atoms with Gasteiger partial charge in [-0.25, -0.2) is 4.98 Å². The van der Waals surface area contributed by atoms with Crippen molar-refractivity contribution in [2.45, 2.75) is 38.6 Å². The van der Waals surface area contributed by atoms with Gasteiger partial charge in [0.05, 0.1) is 5.69 Å². The van der Waals surface area contributed by atoms with E-state index < -0.39 is 0 Å². The van der Waals surface area contributed by atoms with Gasteiger partial charge in [0.2, 0.25) is 0 Å². The molecule has 1 spiro atoms. The summed E-state index contributed by atoms with van der Waals surface area (Å²) in [6.07, 6.45) is 10.4. The van der Waals surface area contributed by atoms with E-state index in [0.29, 0.717) is 12.0 Å². The van der Waals surface area contributed by atoms with Crippen LogP contribution in [0.1, 0.15) is 37.8 Å². The Kier molecular flexibility index (Phi) is 2.74. The summed E-state index contributed by atoms with van der Waals surface area (Å²) in [4.78, 5) is 11.2. The van der Waals surface area contributed by atoms with Gasteiger partial charge in [0.15, 0.2) is 5.82 Å². The summed E-state index contributed by atoms with van der Waals surface area (Å²) in [5.74, 6) is 1.01. The molecule has 2 aliphatic rings. The lowest BCUT2D eigenvalue weighted by Crippen LogP contribution is -2.27. The topological polar surface area (TPSA) is 55.0 Å². The molecule has 0 radical (unpaired) electrons. The molecule has 0 aromatic carbocycles. The number of hydrogen-bond donors (Lipinski definition) is 1. The van der Waals surface area contributed by atoms with Gasteiger partial charge in [0.1, 0.15) is 0 Å². The van der Waals surface area contributed by atoms with E-state index in [1.165, 1.54) is 32.1 Å². The fraction of sp³-hybridized carbons (Fsp3) is 0.692. The number of nitrogens with zero attached hydrogens (tertiary/aromatic N) is 3. The predicted octanol–water partition coefficient (Wildman–Crippen LogP) is 1.71. The summed E-state index contributed by atoms with van der Waals surface area (Å²) in [6, 6.07) is 0. The van der Waals surface area contributed by atoms with Crippen LogP contribution in [0.2, 0.25) is 0 Å². The molecule has 1 aliphatic heterocycles. The maximum Gasteiger partial charge on any atom is 0.151 e. The number of rotatable bonds is 2. The molecule has 2 heterocycles. The Hall–Kier alpha value is -1.16. The predicted molar refractivity (Wildman–Crippen MR) is 67.7 cm³/mol. The Morgan fingerprint density at radius 2 is 1.94 bits per heavy atom. The van der Waals surface area contributed by atoms with Crippen LogP contribution in [-0.4, -0.2) is 23.1 Å². The van der Waals surface area contributed by atoms with Gasteiger partial charge in [-0.05, 0) is 24.7 Å². The second kappa shape index (κ2) is 4.26. The van der Waals surface area contributed by atoms with Gasteiger partial charge in [-0.2, -0.15) is 0 Å². The third-order valence-electron chi connectivity index (χ3n) is 4.35. The molecule has 1 aromatic heterocycles. The molecule has 1 aromatic rings. The van der Waals surface area contributed by atoms with E-state index in [0.717, 1.165) is 24.6 Å². The molecule has 1 aliphatic carbocycles. The van der Waals surface area contributed by atoms with Crippen molar-refractivity contribution in [3.63, 3.8) is 0 Å². The molecular weight excluding hydrogens is 212 g/mol. The zero-order valence-electron chi connectivity index (χ0n) is 10.2. The van der Waals surface area contributed by atoms with Crippen LogP contribution in [0.4, 0.5) is 5.82 Å². The molecule has 2 fully saturated rings. The van der Waals surface area contributed by atoms with E-state index in [-0.39, 0.29) is 0 Å². The summed E-state index contributed by atoms with van der Waals surface area (Å²) in [6.45, 7) is 2.75. The van der Waals surface area contributed by atoms with Gasteiger partial charge in [-0.1, -0.05) is 12.8 Å². The highest BCUT2D eigenvalue weighted by Gasteiger charge is 2.40. The summed E-state index contributed by atoms with van der Waals surface area (Å²) in [5.41, 5.74) is 7.24. The highest BCUT2D eigenvalue weighted by molar-refractivity contribution is 5.44. The van der Waals surface area contributed by atoms with Crippen molar-refractivity contribution in [3.8, 4) is 0 Å². The molecule has 0 bridgehead atoms. The molecule has 17 heavy (non-hydrogen) atoms. The van der Waals surface area contributed by atoms with E-state index in [1.807, 2.05) is 0 Å². The summed E-state index contributed by atoms with van der Waals surface area (Å²) in [5, 5.41) is 0. The first-order chi connectivity index (χ1) is 8.33. The Morgan fingerprint density at radius 1 is 1.18 bits per heavy atom. The molecule has 2 N–H and O–H groups in total. The lowest BCUT2D eigenvalue weighted by atomic mass is 9.86. The molecule has 1 saturated carbocycles. The molecule has 3 rings (SSSR count). The Bertz CT molecular complexity index is 398. The van der Waals surface area contributed by atoms with Crippen molar-refractivity contribution < 1.29 is 0 Å². The quantitative estimate of drug-likeness (QED) is 0.843. The normalized spacial score (nSPS) is 22.5. The summed E-state index contributed by atoms with van der Waals surface area (Å²) >= 11 is 0. The molecule has 0 atom stereocenters. The smallest absolute Gasteiger partial charge is 0.151 e. The number of aromatic nitrogens is 2. The van der Waals surface area contributed by atoms with Gasteiger partial charge in [0, 0.05) is 32.0 Å². The molecule has 1 saturated heterocycles. The van der Waals surface area contributed by atoms with Crippen molar-refractivity contribution in [1.29, 1.82) is 0 Å². The zero-order valence-corrected chi connectivity index (χ0v) is 10.2. The average molecular weight is 232 g/mol. The highest BCUT2D eigenvalue weighted by Crippen LogP contribution is 2.46. The fourth-order valence-electron chi connectivity index (χ4n) is 3.42. The first-order valence-electron chi connectivity index (χ1n) is 6.58. The fourth-order valence-corrected chi connectivity index (χ4v) is 3.42. The average Bonchev–Trinajstić information content (AvgIpc) is 3.00. The van der Waals surface area contributed by atoms with Gasteiger partial charge in [-0.3, -0.25) is 4.98 Å². The van der Waals surface area contributed by atoms with Crippen LogP contribution in [0.3, 0.4) is 0 Å². The molecule has 4 heteroatoms. The van der Waals surface area contributed by atoms with Crippen molar-refractivity contribution in [2.75, 3.05) is 18.0 Å². The lowest BCUT2D eigenvalue weighted by Gasteiger charge is -2.24. The minimum Gasteiger partial charge on any atom is -0.354 e. The van der Waals surface area contributed by atoms with Crippen molar-refractivity contribution in [1.82, 2.24) is 9.97 Å². The third-order valence-corrected chi connectivity index (χ3v) is 4.35. The largest absolute Gasteiger partial charge is 0.354 e. The first kappa shape index (κ1) is 11.0. The minimum atomic E-state index is 0.479. The van der Waals surface area contributed by atoms with E-state index >= 15 is 0 Å². The van der Waals surface area contributed by atoms with Crippen LogP contribution in [0, 0.1) is 5.41 Å². The van der Waals surface area contributed by atoms with Crippen LogP contribution < -0.4 is 10.6 Å². The molecule has 0 unspecified atom stereocenters. The third kappa shape index (κ3) is 1.90. The second-order valence-electron chi connectivity index (χ2n) is 5.41. The molecule has 92 valence electrons. The van der Waals surface area contributed by atoms with Crippen LogP contribution in [0.15, 0.2) is 12.4 Å². The van der Waals surface area contributed by atoms with E-state index in [9.17, 15) is 0 Å². The van der Waals surface area contributed by atoms with Gasteiger partial charge in [0.25, 0.3) is 0 Å². The highest BCUT2D eigenvalue weighted by atomic mass is 15.2. The second-order valence-corrected chi connectivity index (χ2v) is 5.41. The van der Waals surface area contributed by atoms with Crippen molar-refractivity contribution in [3.05, 3.63) is 18.1 Å². The Labute approximate surface area is 102 Å².